The van der Waals surface area contributed by atoms with Crippen LogP contribution in [0.1, 0.15) is 25.7 Å². The smallest absolute Gasteiger partial charge is 0.321 e. The van der Waals surface area contributed by atoms with Crippen molar-refractivity contribution in [3.63, 3.8) is 0 Å². The van der Waals surface area contributed by atoms with E-state index in [0.29, 0.717) is 17.1 Å². The molecule has 2 amide bonds. The fourth-order valence-electron chi connectivity index (χ4n) is 3.13. The van der Waals surface area contributed by atoms with Gasteiger partial charge in [-0.1, -0.05) is 25.0 Å². The van der Waals surface area contributed by atoms with Gasteiger partial charge in [-0.3, -0.25) is 4.72 Å². The Hall–Kier alpha value is -2.74. The Balaban J connectivity index is 1.68. The number of hydrogen-bond donors (Lipinski definition) is 2. The maximum Gasteiger partial charge on any atom is 0.321 e. The maximum absolute atomic E-state index is 12.6. The van der Waals surface area contributed by atoms with Crippen LogP contribution in [0, 0.1) is 0 Å². The summed E-state index contributed by atoms with van der Waals surface area (Å²) in [6, 6.07) is 12.8. The Morgan fingerprint density at radius 3 is 2.25 bits per heavy atom. The lowest BCUT2D eigenvalue weighted by atomic mass is 10.2. The largest absolute Gasteiger partial charge is 0.495 e. The van der Waals surface area contributed by atoms with Gasteiger partial charge < -0.3 is 15.0 Å². The number of benzene rings is 2. The molecule has 0 radical (unpaired) electrons. The van der Waals surface area contributed by atoms with Crippen molar-refractivity contribution >= 4 is 27.4 Å². The zero-order valence-corrected chi connectivity index (χ0v) is 16.7. The highest BCUT2D eigenvalue weighted by molar-refractivity contribution is 7.92. The van der Waals surface area contributed by atoms with Crippen LogP contribution in [-0.4, -0.2) is 39.5 Å². The molecule has 0 atom stereocenters. The summed E-state index contributed by atoms with van der Waals surface area (Å²) in [6.45, 7) is 1.50. The Bertz CT molecular complexity index is 905. The second-order valence-corrected chi connectivity index (χ2v) is 8.34. The molecule has 0 bridgehead atoms. The molecule has 2 N–H and O–H groups in total. The van der Waals surface area contributed by atoms with Gasteiger partial charge in [-0.25, -0.2) is 13.2 Å². The molecule has 1 heterocycles. The van der Waals surface area contributed by atoms with Gasteiger partial charge in [0.1, 0.15) is 5.75 Å². The standard InChI is InChI=1S/C20H25N3O4S/c1-27-19-9-5-4-8-18(19)22-28(25,26)17-12-10-16(11-13-17)21-20(24)23-14-6-2-3-7-15-23/h4-5,8-13,22H,2-3,6-7,14-15H2,1H3,(H,21,24). The first-order chi connectivity index (χ1) is 13.5. The topological polar surface area (TPSA) is 87.7 Å². The van der Waals surface area contributed by atoms with Crippen LogP contribution in [0.4, 0.5) is 16.2 Å². The molecule has 150 valence electrons. The molecule has 2 aromatic rings. The number of ether oxygens (including phenoxy) is 1. The minimum atomic E-state index is -3.77. The molecule has 28 heavy (non-hydrogen) atoms. The first-order valence-electron chi connectivity index (χ1n) is 9.31. The number of carbonyl (C=O) groups is 1. The van der Waals surface area contributed by atoms with Gasteiger partial charge in [0.05, 0.1) is 17.7 Å². The number of methoxy groups -OCH3 is 1. The number of hydrogen-bond acceptors (Lipinski definition) is 4. The zero-order chi connectivity index (χ0) is 20.0. The molecule has 1 fully saturated rings. The summed E-state index contributed by atoms with van der Waals surface area (Å²) >= 11 is 0. The molecule has 3 rings (SSSR count). The molecule has 0 aliphatic carbocycles. The van der Waals surface area contributed by atoms with Crippen molar-refractivity contribution in [3.8, 4) is 5.75 Å². The van der Waals surface area contributed by atoms with E-state index in [1.807, 2.05) is 0 Å². The van der Waals surface area contributed by atoms with Crippen LogP contribution >= 0.6 is 0 Å². The predicted molar refractivity (Wildman–Crippen MR) is 109 cm³/mol. The van der Waals surface area contributed by atoms with Crippen molar-refractivity contribution in [1.82, 2.24) is 4.90 Å². The molecule has 7 nitrogen and oxygen atoms in total. The Morgan fingerprint density at radius 2 is 1.61 bits per heavy atom. The molecular formula is C20H25N3O4S. The third kappa shape index (κ3) is 4.95. The number of amides is 2. The van der Waals surface area contributed by atoms with E-state index in [-0.39, 0.29) is 10.9 Å². The molecule has 0 saturated carbocycles. The highest BCUT2D eigenvalue weighted by Gasteiger charge is 2.18. The fourth-order valence-corrected chi connectivity index (χ4v) is 4.20. The first kappa shape index (κ1) is 20.0. The van der Waals surface area contributed by atoms with Crippen molar-refractivity contribution in [2.24, 2.45) is 0 Å². The third-order valence-corrected chi connectivity index (χ3v) is 6.04. The Kier molecular flexibility index (Phi) is 6.41. The van der Waals surface area contributed by atoms with Gasteiger partial charge in [0.25, 0.3) is 10.0 Å². The molecule has 1 aliphatic rings. The van der Waals surface area contributed by atoms with E-state index in [1.165, 1.54) is 19.2 Å². The van der Waals surface area contributed by atoms with Gasteiger partial charge in [0, 0.05) is 18.8 Å². The lowest BCUT2D eigenvalue weighted by molar-refractivity contribution is 0.214. The van der Waals surface area contributed by atoms with E-state index in [9.17, 15) is 13.2 Å². The van der Waals surface area contributed by atoms with Gasteiger partial charge in [-0.05, 0) is 49.2 Å². The molecule has 2 aromatic carbocycles. The summed E-state index contributed by atoms with van der Waals surface area (Å²) in [4.78, 5) is 14.3. The van der Waals surface area contributed by atoms with E-state index in [0.717, 1.165) is 38.8 Å². The van der Waals surface area contributed by atoms with E-state index < -0.39 is 10.0 Å². The van der Waals surface area contributed by atoms with Crippen molar-refractivity contribution < 1.29 is 17.9 Å². The number of rotatable bonds is 5. The molecule has 1 aliphatic heterocycles. The molecule has 0 unspecified atom stereocenters. The number of sulfonamides is 1. The SMILES string of the molecule is COc1ccccc1NS(=O)(=O)c1ccc(NC(=O)N2CCCCCC2)cc1. The maximum atomic E-state index is 12.6. The lowest BCUT2D eigenvalue weighted by Gasteiger charge is -2.20. The average molecular weight is 404 g/mol. The molecule has 8 heteroatoms. The van der Waals surface area contributed by atoms with E-state index in [2.05, 4.69) is 10.0 Å². The summed E-state index contributed by atoms with van der Waals surface area (Å²) < 4.78 is 33.0. The number of carbonyl (C=O) groups excluding carboxylic acids is 1. The third-order valence-electron chi connectivity index (χ3n) is 4.66. The monoisotopic (exact) mass is 403 g/mol. The van der Waals surface area contributed by atoms with Crippen molar-refractivity contribution in [3.05, 3.63) is 48.5 Å². The summed E-state index contributed by atoms with van der Waals surface area (Å²) in [5.74, 6) is 0.437. The quantitative estimate of drug-likeness (QED) is 0.792. The van der Waals surface area contributed by atoms with Gasteiger partial charge in [0.2, 0.25) is 0 Å². The zero-order valence-electron chi connectivity index (χ0n) is 15.8. The van der Waals surface area contributed by atoms with Crippen LogP contribution in [0.2, 0.25) is 0 Å². The number of likely N-dealkylation sites (tertiary alicyclic amines) is 1. The van der Waals surface area contributed by atoms with Crippen molar-refractivity contribution in [1.29, 1.82) is 0 Å². The molecule has 0 aromatic heterocycles. The molecule has 1 saturated heterocycles. The van der Waals surface area contributed by atoms with Gasteiger partial charge in [0.15, 0.2) is 0 Å². The lowest BCUT2D eigenvalue weighted by Crippen LogP contribution is -2.35. The number of urea groups is 1. The number of nitrogens with zero attached hydrogens (tertiary/aromatic N) is 1. The fraction of sp³-hybridized carbons (Fsp3) is 0.350. The van der Waals surface area contributed by atoms with Crippen LogP contribution < -0.4 is 14.8 Å². The first-order valence-corrected chi connectivity index (χ1v) is 10.8. The van der Waals surface area contributed by atoms with E-state index in [1.54, 1.807) is 41.3 Å². The normalized spacial score (nSPS) is 14.8. The summed E-state index contributed by atoms with van der Waals surface area (Å²) in [6.07, 6.45) is 4.32. The van der Waals surface area contributed by atoms with Gasteiger partial charge in [-0.2, -0.15) is 0 Å². The Labute approximate surface area is 165 Å². The van der Waals surface area contributed by atoms with Crippen LogP contribution in [0.5, 0.6) is 5.75 Å². The minimum Gasteiger partial charge on any atom is -0.495 e. The van der Waals surface area contributed by atoms with E-state index >= 15 is 0 Å². The number of anilines is 2. The van der Waals surface area contributed by atoms with Crippen LogP contribution in [0.3, 0.4) is 0 Å². The van der Waals surface area contributed by atoms with Gasteiger partial charge in [-0.15, -0.1) is 0 Å². The van der Waals surface area contributed by atoms with Crippen LogP contribution in [0.25, 0.3) is 0 Å². The minimum absolute atomic E-state index is 0.103. The summed E-state index contributed by atoms with van der Waals surface area (Å²) in [5, 5.41) is 2.84. The number of para-hydroxylation sites is 2. The van der Waals surface area contributed by atoms with Crippen molar-refractivity contribution in [2.45, 2.75) is 30.6 Å². The summed E-state index contributed by atoms with van der Waals surface area (Å²) in [5.41, 5.74) is 0.925. The molecule has 0 spiro atoms. The van der Waals surface area contributed by atoms with Crippen LogP contribution in [-0.2, 0) is 10.0 Å². The Morgan fingerprint density at radius 1 is 0.964 bits per heavy atom. The number of nitrogens with one attached hydrogen (secondary N) is 2. The predicted octanol–water partition coefficient (Wildman–Crippen LogP) is 3.90. The van der Waals surface area contributed by atoms with Gasteiger partial charge >= 0.3 is 6.03 Å². The second-order valence-electron chi connectivity index (χ2n) is 6.66. The highest BCUT2D eigenvalue weighted by atomic mass is 32.2. The average Bonchev–Trinajstić information content (AvgIpc) is 2.98. The highest BCUT2D eigenvalue weighted by Crippen LogP contribution is 2.26. The second kappa shape index (κ2) is 8.97. The molecular weight excluding hydrogens is 378 g/mol. The van der Waals surface area contributed by atoms with E-state index in [4.69, 9.17) is 4.74 Å². The van der Waals surface area contributed by atoms with Crippen LogP contribution in [0.15, 0.2) is 53.4 Å². The summed E-state index contributed by atoms with van der Waals surface area (Å²) in [7, 11) is -2.29. The van der Waals surface area contributed by atoms with Crippen molar-refractivity contribution in [2.75, 3.05) is 30.2 Å².